The first-order valence-electron chi connectivity index (χ1n) is 17.8. The van der Waals surface area contributed by atoms with E-state index in [4.69, 9.17) is 34.4 Å². The van der Waals surface area contributed by atoms with Crippen molar-refractivity contribution in [1.29, 1.82) is 0 Å². The van der Waals surface area contributed by atoms with Crippen molar-refractivity contribution < 1.29 is 58.2 Å². The van der Waals surface area contributed by atoms with E-state index in [1.807, 2.05) is 0 Å². The summed E-state index contributed by atoms with van der Waals surface area (Å²) in [5.41, 5.74) is 31.8. The summed E-state index contributed by atoms with van der Waals surface area (Å²) >= 11 is 0. The average molecular weight is 816 g/mol. The van der Waals surface area contributed by atoms with Crippen LogP contribution in [0, 0.1) is 5.92 Å². The molecule has 0 aliphatic heterocycles. The fraction of sp³-hybridized carbons (Fsp3) is 0.656. The van der Waals surface area contributed by atoms with Crippen molar-refractivity contribution in [3.63, 3.8) is 0 Å². The Bertz CT molecular complexity index is 1500. The summed E-state index contributed by atoms with van der Waals surface area (Å²) in [6.45, 7) is 5.56. The van der Waals surface area contributed by atoms with Crippen LogP contribution in [-0.2, 0) is 47.9 Å². The zero-order chi connectivity index (χ0) is 44.2. The molecule has 0 fully saturated rings. The number of carboxylic acids is 1. The number of amides is 9. The van der Waals surface area contributed by atoms with Gasteiger partial charge >= 0.3 is 5.97 Å². The van der Waals surface area contributed by atoms with E-state index < -0.39 is 126 Å². The minimum Gasteiger partial charge on any atom is -0.480 e. The molecule has 0 aromatic heterocycles. The highest BCUT2D eigenvalue weighted by atomic mass is 16.4. The Morgan fingerprint density at radius 1 is 0.596 bits per heavy atom. The molecule has 0 aromatic rings. The molecule has 0 unspecified atom stereocenters. The number of carbonyl (C=O) groups excluding carboxylic acids is 9. The molecule has 0 spiro atoms. The fourth-order valence-electron chi connectivity index (χ4n) is 4.83. The lowest BCUT2D eigenvalue weighted by Crippen LogP contribution is -2.62. The van der Waals surface area contributed by atoms with E-state index in [2.05, 4.69) is 36.9 Å². The van der Waals surface area contributed by atoms with Crippen LogP contribution in [0.25, 0.3) is 0 Å². The summed E-state index contributed by atoms with van der Waals surface area (Å²) < 4.78 is 0. The maximum atomic E-state index is 13.6. The van der Waals surface area contributed by atoms with E-state index in [1.54, 1.807) is 13.8 Å². The number of aliphatic hydroxyl groups is 1. The molecule has 0 aromatic carbocycles. The zero-order valence-electron chi connectivity index (χ0n) is 32.2. The van der Waals surface area contributed by atoms with E-state index in [0.29, 0.717) is 6.42 Å². The maximum Gasteiger partial charge on any atom is 0.326 e. The molecule has 0 heterocycles. The van der Waals surface area contributed by atoms with Crippen molar-refractivity contribution in [1.82, 2.24) is 31.9 Å². The maximum absolute atomic E-state index is 13.6. The predicted molar refractivity (Wildman–Crippen MR) is 200 cm³/mol. The summed E-state index contributed by atoms with van der Waals surface area (Å²) in [5.74, 6) is -11.2. The summed E-state index contributed by atoms with van der Waals surface area (Å²) in [5, 5.41) is 33.7. The van der Waals surface area contributed by atoms with Crippen LogP contribution in [-0.4, -0.2) is 130 Å². The van der Waals surface area contributed by atoms with Gasteiger partial charge in [-0.05, 0) is 39.0 Å². The molecule has 0 saturated heterocycles. The molecule has 9 amide bonds. The van der Waals surface area contributed by atoms with E-state index in [-0.39, 0.29) is 38.2 Å². The van der Waals surface area contributed by atoms with Gasteiger partial charge in [0.1, 0.15) is 36.3 Å². The number of primary amides is 3. The SMILES string of the molecule is CC[C@H](C)[C@H](NC(=O)[C@H](CCCN=C(N)N)NC(=O)[C@@H](NC(=O)[C@H](C)NC(=O)[C@H](CC(N)=O)NC(=O)[C@@H](N)CCC(N)=O)[C@@H](C)O)C(=O)N[C@@H](CC(N)=O)C(=O)O. The van der Waals surface area contributed by atoms with Crippen LogP contribution in [0.15, 0.2) is 4.99 Å². The van der Waals surface area contributed by atoms with Crippen LogP contribution in [0.4, 0.5) is 0 Å². The van der Waals surface area contributed by atoms with Crippen molar-refractivity contribution in [3.8, 4) is 0 Å². The second-order valence-corrected chi connectivity index (χ2v) is 13.3. The second kappa shape index (κ2) is 25.1. The highest BCUT2D eigenvalue weighted by molar-refractivity contribution is 5.98. The molecular formula is C32H57N13O12. The molecule has 0 aliphatic carbocycles. The monoisotopic (exact) mass is 815 g/mol. The van der Waals surface area contributed by atoms with Gasteiger partial charge in [-0.25, -0.2) is 4.79 Å². The number of aliphatic carboxylic acids is 1. The minimum absolute atomic E-state index is 0.00500. The fourth-order valence-corrected chi connectivity index (χ4v) is 4.83. The second-order valence-electron chi connectivity index (χ2n) is 13.3. The van der Waals surface area contributed by atoms with Gasteiger partial charge in [0.05, 0.1) is 25.0 Å². The Morgan fingerprint density at radius 2 is 1.09 bits per heavy atom. The predicted octanol–water partition coefficient (Wildman–Crippen LogP) is -7.18. The minimum atomic E-state index is -1.76. The Morgan fingerprint density at radius 3 is 1.58 bits per heavy atom. The number of hydrogen-bond acceptors (Lipinski definition) is 13. The van der Waals surface area contributed by atoms with Crippen LogP contribution in [0.1, 0.15) is 72.6 Å². The number of nitrogens with one attached hydrogen (secondary N) is 6. The van der Waals surface area contributed by atoms with E-state index >= 15 is 0 Å². The molecule has 0 saturated carbocycles. The molecule has 9 atom stereocenters. The average Bonchev–Trinajstić information content (AvgIpc) is 3.10. The molecule has 25 nitrogen and oxygen atoms in total. The Hall–Kier alpha value is -6.11. The molecule has 0 aliphatic rings. The molecule has 0 rings (SSSR count). The zero-order valence-corrected chi connectivity index (χ0v) is 32.2. The Labute approximate surface area is 327 Å². The number of aliphatic hydroxyl groups excluding tert-OH is 1. The Kier molecular flexibility index (Phi) is 22.4. The summed E-state index contributed by atoms with van der Waals surface area (Å²) in [7, 11) is 0. The summed E-state index contributed by atoms with van der Waals surface area (Å²) in [6.07, 6.45) is -3.25. The van der Waals surface area contributed by atoms with Gasteiger partial charge in [-0.1, -0.05) is 20.3 Å². The van der Waals surface area contributed by atoms with Gasteiger partial charge in [-0.2, -0.15) is 0 Å². The lowest BCUT2D eigenvalue weighted by Gasteiger charge is -2.29. The van der Waals surface area contributed by atoms with Gasteiger partial charge < -0.3 is 76.5 Å². The number of carboxylic acid groups (broad SMARTS) is 1. The van der Waals surface area contributed by atoms with Gasteiger partial charge in [0.15, 0.2) is 5.96 Å². The van der Waals surface area contributed by atoms with Crippen LogP contribution >= 0.6 is 0 Å². The third-order valence-corrected chi connectivity index (χ3v) is 8.28. The van der Waals surface area contributed by atoms with Crippen LogP contribution in [0.2, 0.25) is 0 Å². The largest absolute Gasteiger partial charge is 0.480 e. The highest BCUT2D eigenvalue weighted by Gasteiger charge is 2.35. The number of rotatable bonds is 27. The first-order chi connectivity index (χ1) is 26.4. The Balaban J connectivity index is 6.16. The quantitative estimate of drug-likeness (QED) is 0.0208. The van der Waals surface area contributed by atoms with Gasteiger partial charge in [0.25, 0.3) is 0 Å². The van der Waals surface area contributed by atoms with E-state index in [1.165, 1.54) is 6.92 Å². The summed E-state index contributed by atoms with van der Waals surface area (Å²) in [6, 6.07) is -10.7. The smallest absolute Gasteiger partial charge is 0.326 e. The molecule has 25 heteroatoms. The molecular weight excluding hydrogens is 758 g/mol. The van der Waals surface area contributed by atoms with E-state index in [9.17, 15) is 58.2 Å². The van der Waals surface area contributed by atoms with Gasteiger partial charge in [-0.15, -0.1) is 0 Å². The topological polar surface area (TPSA) is 452 Å². The normalized spacial score (nSPS) is 15.5. The van der Waals surface area contributed by atoms with Crippen LogP contribution in [0.3, 0.4) is 0 Å². The molecule has 322 valence electrons. The van der Waals surface area contributed by atoms with Crippen molar-refractivity contribution in [3.05, 3.63) is 0 Å². The van der Waals surface area contributed by atoms with Crippen molar-refractivity contribution in [2.75, 3.05) is 6.54 Å². The molecule has 0 radical (unpaired) electrons. The first-order valence-corrected chi connectivity index (χ1v) is 17.8. The van der Waals surface area contributed by atoms with Crippen LogP contribution < -0.4 is 66.3 Å². The number of carbonyl (C=O) groups is 10. The van der Waals surface area contributed by atoms with Crippen molar-refractivity contribution in [2.45, 2.75) is 121 Å². The number of nitrogens with two attached hydrogens (primary N) is 6. The number of nitrogens with zero attached hydrogens (tertiary/aromatic N) is 1. The van der Waals surface area contributed by atoms with E-state index in [0.717, 1.165) is 6.92 Å². The molecule has 20 N–H and O–H groups in total. The third kappa shape index (κ3) is 19.9. The first kappa shape index (κ1) is 50.9. The lowest BCUT2D eigenvalue weighted by atomic mass is 9.97. The standard InChI is InChI=1S/C32H57N13O12/c1-5-13(2)23(29(54)43-19(31(56)57)12-22(36)49)44-27(52)17(7-6-10-39-32(37)38)41-30(55)24(15(4)46)45-25(50)14(3)40-28(53)18(11-21(35)48)42-26(51)16(33)8-9-20(34)47/h13-19,23-24,46H,5-12,33H2,1-4H3,(H2,34,47)(H2,35,48)(H2,36,49)(H,40,53)(H,41,55)(H,42,51)(H,43,54)(H,44,52)(H,45,50)(H,56,57)(H4,37,38,39)/t13-,14-,15+,16-,17-,18-,19-,23-,24-/m0/s1. The van der Waals surface area contributed by atoms with Gasteiger partial charge in [0.2, 0.25) is 53.2 Å². The van der Waals surface area contributed by atoms with Gasteiger partial charge in [-0.3, -0.25) is 48.1 Å². The van der Waals surface area contributed by atoms with Crippen LogP contribution in [0.5, 0.6) is 0 Å². The highest BCUT2D eigenvalue weighted by Crippen LogP contribution is 2.11. The number of hydrogen-bond donors (Lipinski definition) is 14. The number of aliphatic imine (C=N–C) groups is 1. The lowest BCUT2D eigenvalue weighted by molar-refractivity contribution is -0.144. The summed E-state index contributed by atoms with van der Waals surface area (Å²) in [4.78, 5) is 128. The third-order valence-electron chi connectivity index (χ3n) is 8.28. The molecule has 0 bridgehead atoms. The number of guanidine groups is 1. The molecule has 57 heavy (non-hydrogen) atoms. The van der Waals surface area contributed by atoms with Gasteiger partial charge in [0, 0.05) is 13.0 Å². The van der Waals surface area contributed by atoms with Crippen molar-refractivity contribution in [2.24, 2.45) is 45.3 Å². The van der Waals surface area contributed by atoms with Crippen molar-refractivity contribution >= 4 is 65.1 Å².